The van der Waals surface area contributed by atoms with Crippen molar-refractivity contribution in [2.24, 2.45) is 0 Å². The maximum atomic E-state index is 12.7. The number of benzene rings is 2. The maximum Gasteiger partial charge on any atom is 0.416 e. The largest absolute Gasteiger partial charge is 0.416 e. The second-order valence-corrected chi connectivity index (χ2v) is 5.79. The minimum Gasteiger partial charge on any atom is -0.325 e. The Morgan fingerprint density at radius 3 is 2.32 bits per heavy atom. The van der Waals surface area contributed by atoms with Crippen LogP contribution in [0.3, 0.4) is 0 Å². The standard InChI is InChI=1S/C18H15ClF3NO2/c19-14-10-9-13(18(20,21)22)11-15(14)23-17(25)8-4-7-16(24)12-5-2-1-3-6-12/h1-3,5-6,9-11H,4,7-8H2,(H,23,25). The molecule has 2 aromatic carbocycles. The van der Waals surface area contributed by atoms with Gasteiger partial charge in [0, 0.05) is 18.4 Å². The van der Waals surface area contributed by atoms with Gasteiger partial charge in [-0.2, -0.15) is 13.2 Å². The van der Waals surface area contributed by atoms with Crippen molar-refractivity contribution < 1.29 is 22.8 Å². The zero-order valence-electron chi connectivity index (χ0n) is 13.1. The van der Waals surface area contributed by atoms with Gasteiger partial charge in [0.1, 0.15) is 0 Å². The van der Waals surface area contributed by atoms with E-state index in [0.29, 0.717) is 5.56 Å². The average molecular weight is 370 g/mol. The lowest BCUT2D eigenvalue weighted by atomic mass is 10.1. The molecule has 0 spiro atoms. The van der Waals surface area contributed by atoms with Crippen LogP contribution in [0.25, 0.3) is 0 Å². The number of carbonyl (C=O) groups excluding carboxylic acids is 2. The Labute approximate surface area is 147 Å². The summed E-state index contributed by atoms with van der Waals surface area (Å²) in [5.41, 5.74) is -0.439. The number of alkyl halides is 3. The third-order valence-electron chi connectivity index (χ3n) is 3.47. The van der Waals surface area contributed by atoms with E-state index in [2.05, 4.69) is 5.32 Å². The van der Waals surface area contributed by atoms with Crippen LogP contribution >= 0.6 is 11.6 Å². The molecule has 0 unspecified atom stereocenters. The summed E-state index contributed by atoms with van der Waals surface area (Å²) in [6, 6.07) is 11.4. The van der Waals surface area contributed by atoms with E-state index in [0.717, 1.165) is 18.2 Å². The van der Waals surface area contributed by atoms with Crippen molar-refractivity contribution in [3.05, 3.63) is 64.7 Å². The Hall–Kier alpha value is -2.34. The molecule has 2 aromatic rings. The van der Waals surface area contributed by atoms with Crippen molar-refractivity contribution >= 4 is 29.0 Å². The van der Waals surface area contributed by atoms with Crippen LogP contribution in [0.4, 0.5) is 18.9 Å². The van der Waals surface area contributed by atoms with Crippen LogP contribution in [0, 0.1) is 0 Å². The number of halogens is 4. The molecular weight excluding hydrogens is 355 g/mol. The Balaban J connectivity index is 1.89. The van der Waals surface area contributed by atoms with E-state index in [1.165, 1.54) is 0 Å². The Kier molecular flexibility index (Phi) is 6.20. The molecule has 0 saturated carbocycles. The maximum absolute atomic E-state index is 12.7. The van der Waals surface area contributed by atoms with Gasteiger partial charge in [0.05, 0.1) is 16.3 Å². The van der Waals surface area contributed by atoms with Gasteiger partial charge in [-0.3, -0.25) is 9.59 Å². The molecule has 2 rings (SSSR count). The highest BCUT2D eigenvalue weighted by molar-refractivity contribution is 6.33. The van der Waals surface area contributed by atoms with Crippen molar-refractivity contribution in [2.75, 3.05) is 5.32 Å². The smallest absolute Gasteiger partial charge is 0.325 e. The molecule has 3 nitrogen and oxygen atoms in total. The minimum absolute atomic E-state index is 0.00511. The van der Waals surface area contributed by atoms with Crippen molar-refractivity contribution in [3.8, 4) is 0 Å². The van der Waals surface area contributed by atoms with E-state index in [1.54, 1.807) is 30.3 Å². The second kappa shape index (κ2) is 8.16. The lowest BCUT2D eigenvalue weighted by molar-refractivity contribution is -0.137. The molecule has 0 aromatic heterocycles. The molecular formula is C18H15ClF3NO2. The summed E-state index contributed by atoms with van der Waals surface area (Å²) in [6.07, 6.45) is -4.05. The Morgan fingerprint density at radius 2 is 1.68 bits per heavy atom. The molecule has 0 aliphatic heterocycles. The predicted molar refractivity (Wildman–Crippen MR) is 89.7 cm³/mol. The third kappa shape index (κ3) is 5.60. The Morgan fingerprint density at radius 1 is 1.00 bits per heavy atom. The van der Waals surface area contributed by atoms with Crippen LogP contribution in [0.1, 0.15) is 35.2 Å². The molecule has 7 heteroatoms. The fraction of sp³-hybridized carbons (Fsp3) is 0.222. The van der Waals surface area contributed by atoms with E-state index in [4.69, 9.17) is 11.6 Å². The number of amides is 1. The van der Waals surface area contributed by atoms with Gasteiger partial charge < -0.3 is 5.32 Å². The fourth-order valence-electron chi connectivity index (χ4n) is 2.19. The molecule has 1 N–H and O–H groups in total. The molecule has 0 fully saturated rings. The first kappa shape index (κ1) is 19.0. The number of carbonyl (C=O) groups is 2. The molecule has 0 aliphatic rings. The number of rotatable bonds is 6. The van der Waals surface area contributed by atoms with Gasteiger partial charge in [0.25, 0.3) is 0 Å². The fourth-order valence-corrected chi connectivity index (χ4v) is 2.35. The molecule has 0 bridgehead atoms. The summed E-state index contributed by atoms with van der Waals surface area (Å²) in [4.78, 5) is 23.8. The van der Waals surface area contributed by atoms with E-state index in [1.807, 2.05) is 0 Å². The highest BCUT2D eigenvalue weighted by Gasteiger charge is 2.31. The third-order valence-corrected chi connectivity index (χ3v) is 3.80. The van der Waals surface area contributed by atoms with Crippen molar-refractivity contribution in [1.29, 1.82) is 0 Å². The number of hydrogen-bond acceptors (Lipinski definition) is 2. The van der Waals surface area contributed by atoms with E-state index >= 15 is 0 Å². The van der Waals surface area contributed by atoms with Crippen LogP contribution in [-0.2, 0) is 11.0 Å². The van der Waals surface area contributed by atoms with Crippen LogP contribution in [0.2, 0.25) is 5.02 Å². The summed E-state index contributed by atoms with van der Waals surface area (Å²) in [5, 5.41) is 2.37. The summed E-state index contributed by atoms with van der Waals surface area (Å²) in [6.45, 7) is 0. The van der Waals surface area contributed by atoms with E-state index in [-0.39, 0.29) is 35.8 Å². The van der Waals surface area contributed by atoms with Crippen LogP contribution in [-0.4, -0.2) is 11.7 Å². The molecule has 25 heavy (non-hydrogen) atoms. The number of anilines is 1. The molecule has 1 amide bonds. The number of Topliss-reactive ketones (excluding diaryl/α,β-unsaturated/α-hetero) is 1. The lowest BCUT2D eigenvalue weighted by Gasteiger charge is -2.11. The van der Waals surface area contributed by atoms with Crippen molar-refractivity contribution in [3.63, 3.8) is 0 Å². The second-order valence-electron chi connectivity index (χ2n) is 5.38. The molecule has 0 aliphatic carbocycles. The zero-order chi connectivity index (χ0) is 18.4. The van der Waals surface area contributed by atoms with Crippen LogP contribution in [0.5, 0.6) is 0 Å². The van der Waals surface area contributed by atoms with Crippen LogP contribution in [0.15, 0.2) is 48.5 Å². The SMILES string of the molecule is O=C(CCCC(=O)c1ccccc1)Nc1cc(C(F)(F)F)ccc1Cl. The van der Waals surface area contributed by atoms with Gasteiger partial charge in [-0.1, -0.05) is 41.9 Å². The topological polar surface area (TPSA) is 46.2 Å². The van der Waals surface area contributed by atoms with E-state index < -0.39 is 17.6 Å². The first-order chi connectivity index (χ1) is 11.8. The lowest BCUT2D eigenvalue weighted by Crippen LogP contribution is -2.13. The van der Waals surface area contributed by atoms with Crippen molar-refractivity contribution in [1.82, 2.24) is 0 Å². The predicted octanol–water partition coefficient (Wildman–Crippen LogP) is 5.35. The molecule has 0 saturated heterocycles. The normalized spacial score (nSPS) is 11.2. The molecule has 0 atom stereocenters. The average Bonchev–Trinajstić information content (AvgIpc) is 2.56. The first-order valence-corrected chi connectivity index (χ1v) is 7.90. The van der Waals surface area contributed by atoms with E-state index in [9.17, 15) is 22.8 Å². The number of hydrogen-bond donors (Lipinski definition) is 1. The highest BCUT2D eigenvalue weighted by Crippen LogP contribution is 2.33. The molecule has 0 radical (unpaired) electrons. The first-order valence-electron chi connectivity index (χ1n) is 7.52. The summed E-state index contributed by atoms with van der Waals surface area (Å²) in [5.74, 6) is -0.590. The summed E-state index contributed by atoms with van der Waals surface area (Å²) >= 11 is 5.82. The zero-order valence-corrected chi connectivity index (χ0v) is 13.8. The van der Waals surface area contributed by atoms with Gasteiger partial charge in [0.15, 0.2) is 5.78 Å². The van der Waals surface area contributed by atoms with Gasteiger partial charge in [-0.15, -0.1) is 0 Å². The molecule has 0 heterocycles. The summed E-state index contributed by atoms with van der Waals surface area (Å²) < 4.78 is 38.1. The molecule has 132 valence electrons. The van der Waals surface area contributed by atoms with Gasteiger partial charge in [-0.05, 0) is 24.6 Å². The Bertz CT molecular complexity index is 761. The number of ketones is 1. The minimum atomic E-state index is -4.52. The quantitative estimate of drug-likeness (QED) is 0.697. The van der Waals surface area contributed by atoms with Gasteiger partial charge in [0.2, 0.25) is 5.91 Å². The van der Waals surface area contributed by atoms with Crippen molar-refractivity contribution in [2.45, 2.75) is 25.4 Å². The van der Waals surface area contributed by atoms with Crippen LogP contribution < -0.4 is 5.32 Å². The van der Waals surface area contributed by atoms with Gasteiger partial charge in [-0.25, -0.2) is 0 Å². The number of nitrogens with one attached hydrogen (secondary N) is 1. The highest BCUT2D eigenvalue weighted by atomic mass is 35.5. The monoisotopic (exact) mass is 369 g/mol. The van der Waals surface area contributed by atoms with Gasteiger partial charge >= 0.3 is 6.18 Å². The summed E-state index contributed by atoms with van der Waals surface area (Å²) in [7, 11) is 0.